The highest BCUT2D eigenvalue weighted by Gasteiger charge is 2.44. The number of nitrogen functional groups attached to an aromatic ring is 2. The second kappa shape index (κ2) is 19.1. The van der Waals surface area contributed by atoms with Gasteiger partial charge in [0.15, 0.2) is 39.6 Å². The number of amides is 2. The molecule has 2 atom stereocenters. The molecule has 14 heteroatoms. The molecule has 0 radical (unpaired) electrons. The van der Waals surface area contributed by atoms with Gasteiger partial charge in [0.2, 0.25) is 0 Å². The van der Waals surface area contributed by atoms with Crippen molar-refractivity contribution in [1.29, 1.82) is 0 Å². The third-order valence-corrected chi connectivity index (χ3v) is 22.0. The van der Waals surface area contributed by atoms with E-state index in [1.54, 1.807) is 38.5 Å². The number of ether oxygens (including phenoxy) is 4. The van der Waals surface area contributed by atoms with E-state index in [1.165, 1.54) is 0 Å². The third-order valence-electron chi connectivity index (χ3n) is 13.0. The fourth-order valence-corrected chi connectivity index (χ4v) is 9.30. The molecule has 60 heavy (non-hydrogen) atoms. The Bertz CT molecular complexity index is 1850. The first-order valence-corrected chi connectivity index (χ1v) is 27.3. The van der Waals surface area contributed by atoms with Gasteiger partial charge in [-0.1, -0.05) is 67.5 Å². The minimum Gasteiger partial charge on any atom is -0.493 e. The Kier molecular flexibility index (Phi) is 15.6. The van der Waals surface area contributed by atoms with Gasteiger partial charge in [-0.05, 0) is 85.9 Å². The topological polar surface area (TPSA) is 148 Å². The lowest BCUT2D eigenvalue weighted by molar-refractivity contribution is 0.0674. The van der Waals surface area contributed by atoms with E-state index < -0.39 is 16.6 Å². The number of hydrogen-bond donors (Lipinski definition) is 2. The average molecular weight is 869 g/mol. The molecule has 2 aliphatic rings. The maximum absolute atomic E-state index is 14.0. The van der Waals surface area contributed by atoms with Crippen LogP contribution in [0.15, 0.2) is 36.4 Å². The molecule has 0 aliphatic carbocycles. The summed E-state index contributed by atoms with van der Waals surface area (Å²) in [6.45, 7) is 33.7. The van der Waals surface area contributed by atoms with Crippen LogP contribution in [-0.2, 0) is 8.85 Å². The van der Waals surface area contributed by atoms with Crippen molar-refractivity contribution in [1.82, 2.24) is 9.80 Å². The lowest BCUT2D eigenvalue weighted by Gasteiger charge is -2.38. The van der Waals surface area contributed by atoms with Crippen LogP contribution < -0.4 is 30.4 Å². The first-order chi connectivity index (χ1) is 27.7. The van der Waals surface area contributed by atoms with Gasteiger partial charge in [0.05, 0.1) is 63.9 Å². The normalized spacial score (nSPS) is 18.5. The molecule has 0 aromatic heterocycles. The lowest BCUT2D eigenvalue weighted by atomic mass is 9.91. The summed E-state index contributed by atoms with van der Waals surface area (Å²) >= 11 is 0. The zero-order chi connectivity index (χ0) is 45.0. The molecule has 0 unspecified atom stereocenters. The van der Waals surface area contributed by atoms with Crippen LogP contribution in [-0.4, -0.2) is 104 Å². The molecular formula is C46H76N4O8Si2. The Hall–Kier alpha value is -3.73. The summed E-state index contributed by atoms with van der Waals surface area (Å²) in [5, 5.41) is 0.144. The molecule has 2 saturated heterocycles. The minimum absolute atomic E-state index is 0.0380. The van der Waals surface area contributed by atoms with E-state index in [-0.39, 0.29) is 39.4 Å². The second-order valence-electron chi connectivity index (χ2n) is 20.6. The molecule has 2 aromatic carbocycles. The molecule has 12 nitrogen and oxygen atoms in total. The van der Waals surface area contributed by atoms with E-state index in [2.05, 4.69) is 88.2 Å². The summed E-state index contributed by atoms with van der Waals surface area (Å²) in [5.74, 6) is 1.57. The van der Waals surface area contributed by atoms with Gasteiger partial charge in [0.25, 0.3) is 11.8 Å². The van der Waals surface area contributed by atoms with Crippen LogP contribution in [0.5, 0.6) is 23.0 Å². The summed E-state index contributed by atoms with van der Waals surface area (Å²) in [4.78, 5) is 31.7. The first-order valence-electron chi connectivity index (χ1n) is 21.5. The van der Waals surface area contributed by atoms with Crippen molar-refractivity contribution in [2.45, 2.75) is 136 Å². The molecule has 0 spiro atoms. The summed E-state index contributed by atoms with van der Waals surface area (Å²) in [6.07, 6.45) is 3.88. The van der Waals surface area contributed by atoms with Gasteiger partial charge in [-0.15, -0.1) is 0 Å². The molecule has 2 amide bonds. The van der Waals surface area contributed by atoms with Crippen molar-refractivity contribution in [2.75, 3.05) is 65.2 Å². The zero-order valence-corrected chi connectivity index (χ0v) is 41.3. The fraction of sp³-hybridized carbons (Fsp3) is 0.652. The maximum Gasteiger partial charge on any atom is 0.256 e. The second-order valence-corrected chi connectivity index (χ2v) is 30.2. The highest BCUT2D eigenvalue weighted by atomic mass is 28.4. The number of benzene rings is 2. The van der Waals surface area contributed by atoms with E-state index in [0.29, 0.717) is 91.4 Å². The minimum atomic E-state index is -2.00. The van der Waals surface area contributed by atoms with Crippen LogP contribution in [0.4, 0.5) is 11.4 Å². The van der Waals surface area contributed by atoms with Crippen LogP contribution >= 0.6 is 0 Å². The molecule has 2 heterocycles. The summed E-state index contributed by atoms with van der Waals surface area (Å²) < 4.78 is 36.6. The average Bonchev–Trinajstić information content (AvgIpc) is 3.68. The molecule has 0 bridgehead atoms. The Labute approximate surface area is 362 Å². The number of nitrogens with zero attached hydrogens (tertiary/aromatic N) is 2. The summed E-state index contributed by atoms with van der Waals surface area (Å²) in [5.41, 5.74) is 15.4. The number of rotatable bonds is 18. The van der Waals surface area contributed by atoms with Gasteiger partial charge in [-0.25, -0.2) is 0 Å². The molecule has 2 aromatic rings. The van der Waals surface area contributed by atoms with Crippen molar-refractivity contribution >= 4 is 39.8 Å². The van der Waals surface area contributed by atoms with Crippen LogP contribution in [0.2, 0.25) is 36.3 Å². The number of carbonyl (C=O) groups excluding carboxylic acids is 2. The molecular weight excluding hydrogens is 793 g/mol. The zero-order valence-electron chi connectivity index (χ0n) is 39.3. The molecule has 2 fully saturated rings. The maximum atomic E-state index is 14.0. The predicted molar refractivity (Wildman–Crippen MR) is 248 cm³/mol. The Morgan fingerprint density at radius 3 is 1.58 bits per heavy atom. The third kappa shape index (κ3) is 11.8. The van der Waals surface area contributed by atoms with Gasteiger partial charge in [0, 0.05) is 36.6 Å². The van der Waals surface area contributed by atoms with Crippen LogP contribution in [0.25, 0.3) is 0 Å². The van der Waals surface area contributed by atoms with Gasteiger partial charge >= 0.3 is 0 Å². The Morgan fingerprint density at radius 1 is 0.717 bits per heavy atom. The number of carbonyl (C=O) groups is 2. The largest absolute Gasteiger partial charge is 0.493 e. The Balaban J connectivity index is 1.30. The number of anilines is 2. The number of methoxy groups -OCH3 is 2. The summed E-state index contributed by atoms with van der Waals surface area (Å²) in [7, 11) is -0.880. The van der Waals surface area contributed by atoms with Crippen LogP contribution in [0, 0.1) is 5.41 Å². The highest BCUT2D eigenvalue weighted by molar-refractivity contribution is 6.74. The monoisotopic (exact) mass is 869 g/mol. The number of hydrogen-bond acceptors (Lipinski definition) is 10. The number of nitrogens with two attached hydrogens (primary N) is 2. The Morgan fingerprint density at radius 2 is 1.15 bits per heavy atom. The standard InChI is InChI=1S/C46H76N4O8Si2/c1-31-21-32(28-57-59(12,13)44(2,3)4)49(27-31)42(51)34-22-38(53-10)40(24-36(34)47)55-19-17-16-18-20-56-41-25-37(48)35(23-39(41)54-11)43(52)50-30-46(8,9)26-33(50)29-58-60(14,15)45(5,6)7/h22-25,32-33H,1,16-21,26-30,47-48H2,2-15H3/t32-,33-/m0/s1. The van der Waals surface area contributed by atoms with E-state index in [1.807, 2.05) is 9.80 Å². The van der Waals surface area contributed by atoms with Crippen molar-refractivity contribution in [3.8, 4) is 23.0 Å². The molecule has 4 rings (SSSR count). The fourth-order valence-electron chi connectivity index (χ4n) is 7.22. The van der Waals surface area contributed by atoms with Gasteiger partial charge in [-0.3, -0.25) is 9.59 Å². The van der Waals surface area contributed by atoms with E-state index in [0.717, 1.165) is 31.3 Å². The van der Waals surface area contributed by atoms with Crippen molar-refractivity contribution in [3.05, 3.63) is 47.5 Å². The number of unbranched alkanes of at least 4 members (excludes halogenated alkanes) is 2. The predicted octanol–water partition coefficient (Wildman–Crippen LogP) is 9.55. The van der Waals surface area contributed by atoms with Crippen molar-refractivity contribution in [3.63, 3.8) is 0 Å². The molecule has 0 saturated carbocycles. The van der Waals surface area contributed by atoms with E-state index in [4.69, 9.17) is 39.3 Å². The molecule has 2 aliphatic heterocycles. The van der Waals surface area contributed by atoms with E-state index in [9.17, 15) is 9.59 Å². The SMILES string of the molecule is C=C1C[C@@H](CO[Si](C)(C)C(C)(C)C)N(C(=O)c2cc(OC)c(OCCCCCOc3cc(N)c(C(=O)N4CC(C)(C)C[C@H]4CO[Si](C)(C)C(C)(C)C)cc3OC)cc2N)C1. The summed E-state index contributed by atoms with van der Waals surface area (Å²) in [6, 6.07) is 6.57. The van der Waals surface area contributed by atoms with Crippen molar-refractivity contribution < 1.29 is 37.4 Å². The van der Waals surface area contributed by atoms with Crippen LogP contribution in [0.3, 0.4) is 0 Å². The number of likely N-dealkylation sites (tertiary alicyclic amines) is 2. The van der Waals surface area contributed by atoms with Gasteiger partial charge < -0.3 is 49.1 Å². The molecule has 4 N–H and O–H groups in total. The van der Waals surface area contributed by atoms with E-state index >= 15 is 0 Å². The van der Waals surface area contributed by atoms with Crippen LogP contribution in [0.1, 0.15) is 108 Å². The quantitative estimate of drug-likeness (QED) is 0.0643. The first kappa shape index (κ1) is 48.9. The van der Waals surface area contributed by atoms with Gasteiger partial charge in [-0.2, -0.15) is 0 Å². The van der Waals surface area contributed by atoms with Crippen molar-refractivity contribution in [2.24, 2.45) is 5.41 Å². The smallest absolute Gasteiger partial charge is 0.256 e. The lowest BCUT2D eigenvalue weighted by Crippen LogP contribution is -2.46. The van der Waals surface area contributed by atoms with Gasteiger partial charge in [0.1, 0.15) is 0 Å². The molecule has 336 valence electrons. The highest BCUT2D eigenvalue weighted by Crippen LogP contribution is 2.42.